The molecule has 3 amide bonds. The Kier molecular flexibility index (Phi) is 1.07. The van der Waals surface area contributed by atoms with Gasteiger partial charge in [0.2, 0.25) is 0 Å². The van der Waals surface area contributed by atoms with E-state index in [2.05, 4.69) is 26.7 Å². The van der Waals surface area contributed by atoms with Gasteiger partial charge < -0.3 is 0 Å². The van der Waals surface area contributed by atoms with E-state index in [0.717, 1.165) is 0 Å². The van der Waals surface area contributed by atoms with Crippen LogP contribution in [0.3, 0.4) is 0 Å². The van der Waals surface area contributed by atoms with Crippen LogP contribution in [0, 0.1) is 0 Å². The van der Waals surface area contributed by atoms with Gasteiger partial charge in [-0.25, -0.2) is 15.8 Å². The summed E-state index contributed by atoms with van der Waals surface area (Å²) in [6, 6.07) is -1.12. The minimum atomic E-state index is -0.576. The summed E-state index contributed by atoms with van der Waals surface area (Å²) in [4.78, 5) is 21.6. The molecule has 2 aliphatic heterocycles. The average Bonchev–Trinajstić information content (AvgIpc) is 2.34. The molecule has 0 bridgehead atoms. The summed E-state index contributed by atoms with van der Waals surface area (Å²) in [5, 5.41) is 8.06. The predicted octanol–water partition coefficient (Wildman–Crippen LogP) is -2.38. The average molecular weight is 155 g/mol. The van der Waals surface area contributed by atoms with Crippen molar-refractivity contribution in [3.05, 3.63) is 0 Å². The Labute approximate surface area is 61.2 Å². The molecule has 1 unspecified atom stereocenters. The molecule has 1 saturated heterocycles. The fourth-order valence-corrected chi connectivity index (χ4v) is 0.911. The fourth-order valence-electron chi connectivity index (χ4n) is 0.911. The lowest BCUT2D eigenvalue weighted by molar-refractivity contribution is -0.120. The molecule has 0 spiro atoms. The normalized spacial score (nSPS) is 28.0. The molecule has 2 aliphatic rings. The SMILES string of the molecule is O=C1NC(=O)C2NNN=C2N1. The monoisotopic (exact) mass is 155 g/mol. The van der Waals surface area contributed by atoms with E-state index in [1.807, 2.05) is 0 Å². The molecule has 1 atom stereocenters. The van der Waals surface area contributed by atoms with Gasteiger partial charge in [0, 0.05) is 0 Å². The van der Waals surface area contributed by atoms with E-state index in [1.165, 1.54) is 0 Å². The number of hydrazine groups is 1. The van der Waals surface area contributed by atoms with Gasteiger partial charge in [-0.2, -0.15) is 0 Å². The van der Waals surface area contributed by atoms with Crippen molar-refractivity contribution in [2.75, 3.05) is 0 Å². The minimum Gasteiger partial charge on any atom is -0.292 e. The molecule has 0 radical (unpaired) electrons. The number of amidine groups is 1. The lowest BCUT2D eigenvalue weighted by Gasteiger charge is -2.17. The lowest BCUT2D eigenvalue weighted by Crippen LogP contribution is -2.61. The second-order valence-corrected chi connectivity index (χ2v) is 2.13. The van der Waals surface area contributed by atoms with Gasteiger partial charge in [0.15, 0.2) is 11.9 Å². The predicted molar refractivity (Wildman–Crippen MR) is 34.2 cm³/mol. The first-order valence-electron chi connectivity index (χ1n) is 2.97. The minimum absolute atomic E-state index is 0.304. The van der Waals surface area contributed by atoms with Crippen molar-refractivity contribution < 1.29 is 9.59 Å². The van der Waals surface area contributed by atoms with Gasteiger partial charge in [0.1, 0.15) is 0 Å². The Hall–Kier alpha value is -1.63. The number of hydrogen-bond acceptors (Lipinski definition) is 5. The zero-order valence-electron chi connectivity index (χ0n) is 5.34. The number of urea groups is 1. The van der Waals surface area contributed by atoms with Crippen molar-refractivity contribution in [2.45, 2.75) is 6.04 Å². The summed E-state index contributed by atoms with van der Waals surface area (Å²) >= 11 is 0. The molecular formula is C4H5N5O2. The number of amides is 3. The Balaban J connectivity index is 2.26. The molecule has 4 N–H and O–H groups in total. The number of rotatable bonds is 0. The van der Waals surface area contributed by atoms with Gasteiger partial charge in [-0.3, -0.25) is 15.4 Å². The molecule has 0 aromatic carbocycles. The van der Waals surface area contributed by atoms with Gasteiger partial charge in [-0.1, -0.05) is 0 Å². The number of imide groups is 1. The molecular weight excluding hydrogens is 150 g/mol. The maximum absolute atomic E-state index is 10.9. The third-order valence-electron chi connectivity index (χ3n) is 1.40. The third kappa shape index (κ3) is 0.819. The largest absolute Gasteiger partial charge is 0.326 e. The van der Waals surface area contributed by atoms with E-state index in [1.54, 1.807) is 0 Å². The van der Waals surface area contributed by atoms with Crippen LogP contribution in [-0.4, -0.2) is 23.8 Å². The van der Waals surface area contributed by atoms with Crippen molar-refractivity contribution in [3.63, 3.8) is 0 Å². The van der Waals surface area contributed by atoms with E-state index in [0.29, 0.717) is 5.84 Å². The first-order valence-corrected chi connectivity index (χ1v) is 2.97. The summed E-state index contributed by atoms with van der Waals surface area (Å²) in [6.45, 7) is 0. The van der Waals surface area contributed by atoms with Gasteiger partial charge in [-0.15, -0.1) is 5.10 Å². The van der Waals surface area contributed by atoms with E-state index in [9.17, 15) is 9.59 Å². The third-order valence-corrected chi connectivity index (χ3v) is 1.40. The zero-order chi connectivity index (χ0) is 7.84. The van der Waals surface area contributed by atoms with Gasteiger partial charge in [0.25, 0.3) is 5.91 Å². The molecule has 7 nitrogen and oxygen atoms in total. The summed E-state index contributed by atoms with van der Waals surface area (Å²) in [5.41, 5.74) is 4.93. The summed E-state index contributed by atoms with van der Waals surface area (Å²) in [6.07, 6.45) is 0. The standard InChI is InChI=1S/C4H5N5O2/c10-3-1-2(8-9-7-1)5-4(11)6-3/h1,7,9H,(H2,5,6,8,10,11). The molecule has 2 heterocycles. The lowest BCUT2D eigenvalue weighted by atomic mass is 10.2. The number of nitrogens with zero attached hydrogens (tertiary/aromatic N) is 1. The second-order valence-electron chi connectivity index (χ2n) is 2.13. The molecule has 0 saturated carbocycles. The highest BCUT2D eigenvalue weighted by atomic mass is 16.2. The highest BCUT2D eigenvalue weighted by Gasteiger charge is 2.35. The van der Waals surface area contributed by atoms with Crippen molar-refractivity contribution in [1.82, 2.24) is 21.6 Å². The van der Waals surface area contributed by atoms with Crippen LogP contribution < -0.4 is 21.6 Å². The van der Waals surface area contributed by atoms with Crippen molar-refractivity contribution in [2.24, 2.45) is 5.10 Å². The van der Waals surface area contributed by atoms with E-state index in [4.69, 9.17) is 0 Å². The van der Waals surface area contributed by atoms with E-state index >= 15 is 0 Å². The van der Waals surface area contributed by atoms with Crippen LogP contribution in [0.2, 0.25) is 0 Å². The number of carbonyl (C=O) groups is 2. The Bertz CT molecular complexity index is 259. The zero-order valence-corrected chi connectivity index (χ0v) is 5.34. The maximum atomic E-state index is 10.9. The van der Waals surface area contributed by atoms with Gasteiger partial charge in [0.05, 0.1) is 0 Å². The number of hydrazone groups is 1. The number of nitrogens with one attached hydrogen (secondary N) is 4. The van der Waals surface area contributed by atoms with Crippen LogP contribution in [0.15, 0.2) is 5.10 Å². The molecule has 0 aliphatic carbocycles. The first-order chi connectivity index (χ1) is 5.27. The van der Waals surface area contributed by atoms with Crippen LogP contribution in [0.4, 0.5) is 4.79 Å². The Morgan fingerprint density at radius 3 is 2.91 bits per heavy atom. The van der Waals surface area contributed by atoms with Crippen molar-refractivity contribution in [3.8, 4) is 0 Å². The van der Waals surface area contributed by atoms with Crippen molar-refractivity contribution in [1.29, 1.82) is 0 Å². The number of hydrogen-bond donors (Lipinski definition) is 4. The highest BCUT2D eigenvalue weighted by Crippen LogP contribution is 1.96. The molecule has 58 valence electrons. The van der Waals surface area contributed by atoms with Crippen molar-refractivity contribution >= 4 is 17.8 Å². The van der Waals surface area contributed by atoms with E-state index < -0.39 is 18.0 Å². The van der Waals surface area contributed by atoms with Crippen LogP contribution >= 0.6 is 0 Å². The Morgan fingerprint density at radius 1 is 1.27 bits per heavy atom. The molecule has 1 fully saturated rings. The summed E-state index contributed by atoms with van der Waals surface area (Å²) in [7, 11) is 0. The fraction of sp³-hybridized carbons (Fsp3) is 0.250. The molecule has 7 heteroatoms. The van der Waals surface area contributed by atoms with Crippen LogP contribution in [0.25, 0.3) is 0 Å². The molecule has 11 heavy (non-hydrogen) atoms. The molecule has 2 rings (SSSR count). The van der Waals surface area contributed by atoms with Gasteiger partial charge >= 0.3 is 6.03 Å². The molecule has 0 aromatic rings. The van der Waals surface area contributed by atoms with E-state index in [-0.39, 0.29) is 0 Å². The number of fused-ring (bicyclic) bond motifs is 1. The van der Waals surface area contributed by atoms with Gasteiger partial charge in [-0.05, 0) is 0 Å². The van der Waals surface area contributed by atoms with Crippen LogP contribution in [0.1, 0.15) is 0 Å². The maximum Gasteiger partial charge on any atom is 0.326 e. The van der Waals surface area contributed by atoms with Crippen LogP contribution in [-0.2, 0) is 4.79 Å². The summed E-state index contributed by atoms with van der Waals surface area (Å²) in [5.74, 6) is -0.101. The Morgan fingerprint density at radius 2 is 2.09 bits per heavy atom. The quantitative estimate of drug-likeness (QED) is 0.314. The van der Waals surface area contributed by atoms with Crippen LogP contribution in [0.5, 0.6) is 0 Å². The molecule has 0 aromatic heterocycles. The topological polar surface area (TPSA) is 94.6 Å². The highest BCUT2D eigenvalue weighted by molar-refractivity contribution is 6.21. The number of carbonyl (C=O) groups excluding carboxylic acids is 2. The smallest absolute Gasteiger partial charge is 0.292 e. The first kappa shape index (κ1) is 6.10. The second kappa shape index (κ2) is 1.92. The summed E-state index contributed by atoms with van der Waals surface area (Å²) < 4.78 is 0.